The highest BCUT2D eigenvalue weighted by Gasteiger charge is 2.40. The van der Waals surface area contributed by atoms with Gasteiger partial charge in [-0.3, -0.25) is 0 Å². The maximum absolute atomic E-state index is 4.67. The van der Waals surface area contributed by atoms with Crippen LogP contribution in [0.3, 0.4) is 0 Å². The molecule has 0 amide bonds. The molecule has 2 aromatic heterocycles. The Morgan fingerprint density at radius 3 is 2.48 bits per heavy atom. The average molecular weight is 370 g/mol. The molecule has 7 heteroatoms. The minimum absolute atomic E-state index is 0.559. The van der Waals surface area contributed by atoms with Crippen LogP contribution in [0, 0.1) is 5.92 Å². The number of aryl methyl sites for hydroxylation is 1. The Labute approximate surface area is 161 Å². The van der Waals surface area contributed by atoms with Crippen LogP contribution in [0.2, 0.25) is 0 Å². The first kappa shape index (κ1) is 18.3. The molecule has 4 rings (SSSR count). The SMILES string of the molecule is CC(C)CCCc1cn(Cc2cnc(N3C4CCC3CN(C)C4)nc2)nn1. The van der Waals surface area contributed by atoms with Crippen molar-refractivity contribution >= 4 is 5.95 Å². The summed E-state index contributed by atoms with van der Waals surface area (Å²) in [5.41, 5.74) is 2.14. The highest BCUT2D eigenvalue weighted by molar-refractivity contribution is 5.37. The third-order valence-corrected chi connectivity index (χ3v) is 5.73. The highest BCUT2D eigenvalue weighted by atomic mass is 15.4. The number of rotatable bonds is 7. The number of anilines is 1. The number of hydrogen-bond donors (Lipinski definition) is 0. The van der Waals surface area contributed by atoms with Gasteiger partial charge in [-0.05, 0) is 38.6 Å². The van der Waals surface area contributed by atoms with Crippen LogP contribution < -0.4 is 4.90 Å². The monoisotopic (exact) mass is 369 g/mol. The van der Waals surface area contributed by atoms with E-state index in [1.807, 2.05) is 17.1 Å². The molecule has 4 heterocycles. The lowest BCUT2D eigenvalue weighted by Crippen LogP contribution is -2.53. The van der Waals surface area contributed by atoms with Gasteiger partial charge >= 0.3 is 0 Å². The van der Waals surface area contributed by atoms with Crippen molar-refractivity contribution in [2.75, 3.05) is 25.0 Å². The van der Waals surface area contributed by atoms with E-state index in [-0.39, 0.29) is 0 Å². The fourth-order valence-electron chi connectivity index (χ4n) is 4.41. The summed E-state index contributed by atoms with van der Waals surface area (Å²) in [6.07, 6.45) is 11.8. The molecule has 2 atom stereocenters. The molecule has 2 aromatic rings. The molecule has 0 aromatic carbocycles. The van der Waals surface area contributed by atoms with Crippen LogP contribution in [0.15, 0.2) is 18.6 Å². The molecule has 27 heavy (non-hydrogen) atoms. The zero-order chi connectivity index (χ0) is 18.8. The molecular weight excluding hydrogens is 338 g/mol. The molecule has 2 bridgehead atoms. The second kappa shape index (κ2) is 7.92. The molecule has 0 N–H and O–H groups in total. The Morgan fingerprint density at radius 2 is 1.81 bits per heavy atom. The van der Waals surface area contributed by atoms with Crippen molar-refractivity contribution in [3.05, 3.63) is 29.8 Å². The Balaban J connectivity index is 1.35. The molecule has 0 spiro atoms. The van der Waals surface area contributed by atoms with Crippen LogP contribution in [-0.2, 0) is 13.0 Å². The zero-order valence-electron chi connectivity index (χ0n) is 16.8. The standard InChI is InChI=1S/C20H31N7/c1-15(2)5-4-6-17-12-26(24-23-17)11-16-9-21-20(22-10-16)27-18-7-8-19(27)14-25(3)13-18/h9-10,12,15,18-19H,4-8,11,13-14H2,1-3H3. The molecule has 2 aliphatic rings. The predicted octanol–water partition coefficient (Wildman–Crippen LogP) is 2.38. The van der Waals surface area contributed by atoms with Gasteiger partial charge in [-0.25, -0.2) is 14.6 Å². The normalized spacial score (nSPS) is 22.7. The van der Waals surface area contributed by atoms with E-state index in [0.29, 0.717) is 18.6 Å². The lowest BCUT2D eigenvalue weighted by Gasteiger charge is -2.39. The summed E-state index contributed by atoms with van der Waals surface area (Å²) in [7, 11) is 2.21. The molecule has 2 saturated heterocycles. The predicted molar refractivity (Wildman–Crippen MR) is 106 cm³/mol. The summed E-state index contributed by atoms with van der Waals surface area (Å²) in [6.45, 7) is 7.41. The van der Waals surface area contributed by atoms with Crippen molar-refractivity contribution in [2.45, 2.75) is 64.6 Å². The molecule has 146 valence electrons. The number of hydrogen-bond acceptors (Lipinski definition) is 6. The van der Waals surface area contributed by atoms with Crippen LogP contribution in [0.4, 0.5) is 5.95 Å². The van der Waals surface area contributed by atoms with Gasteiger partial charge in [-0.2, -0.15) is 0 Å². The highest BCUT2D eigenvalue weighted by Crippen LogP contribution is 2.32. The topological polar surface area (TPSA) is 63.0 Å². The first-order valence-corrected chi connectivity index (χ1v) is 10.3. The van der Waals surface area contributed by atoms with Crippen molar-refractivity contribution in [3.8, 4) is 0 Å². The number of piperazine rings is 1. The molecule has 0 radical (unpaired) electrons. The van der Waals surface area contributed by atoms with Crippen LogP contribution in [0.25, 0.3) is 0 Å². The van der Waals surface area contributed by atoms with Crippen LogP contribution in [-0.4, -0.2) is 62.1 Å². The van der Waals surface area contributed by atoms with Crippen LogP contribution in [0.5, 0.6) is 0 Å². The van der Waals surface area contributed by atoms with Gasteiger partial charge in [0.05, 0.1) is 12.2 Å². The summed E-state index contributed by atoms with van der Waals surface area (Å²) < 4.78 is 1.89. The Morgan fingerprint density at radius 1 is 1.11 bits per heavy atom. The van der Waals surface area contributed by atoms with E-state index in [1.165, 1.54) is 25.7 Å². The van der Waals surface area contributed by atoms with E-state index in [9.17, 15) is 0 Å². The van der Waals surface area contributed by atoms with Gasteiger partial charge in [0, 0.05) is 49.3 Å². The molecule has 2 aliphatic heterocycles. The minimum atomic E-state index is 0.559. The third-order valence-electron chi connectivity index (χ3n) is 5.73. The van der Waals surface area contributed by atoms with E-state index < -0.39 is 0 Å². The summed E-state index contributed by atoms with van der Waals surface area (Å²) in [4.78, 5) is 14.2. The molecule has 7 nitrogen and oxygen atoms in total. The van der Waals surface area contributed by atoms with Gasteiger partial charge in [0.25, 0.3) is 0 Å². The molecule has 2 unspecified atom stereocenters. The number of likely N-dealkylation sites (N-methyl/N-ethyl adjacent to an activating group) is 1. The van der Waals surface area contributed by atoms with Crippen molar-refractivity contribution in [2.24, 2.45) is 5.92 Å². The zero-order valence-corrected chi connectivity index (χ0v) is 16.8. The first-order valence-electron chi connectivity index (χ1n) is 10.3. The largest absolute Gasteiger partial charge is 0.332 e. The van der Waals surface area contributed by atoms with Gasteiger partial charge in [0.2, 0.25) is 5.95 Å². The summed E-state index contributed by atoms with van der Waals surface area (Å²) in [5, 5.41) is 8.55. The van der Waals surface area contributed by atoms with E-state index in [1.54, 1.807) is 0 Å². The van der Waals surface area contributed by atoms with Crippen molar-refractivity contribution in [1.82, 2.24) is 29.9 Å². The second-order valence-corrected chi connectivity index (χ2v) is 8.60. The third kappa shape index (κ3) is 4.29. The van der Waals surface area contributed by atoms with Crippen LogP contribution >= 0.6 is 0 Å². The lowest BCUT2D eigenvalue weighted by molar-refractivity contribution is 0.262. The fraction of sp³-hybridized carbons (Fsp3) is 0.700. The fourth-order valence-corrected chi connectivity index (χ4v) is 4.41. The molecule has 2 fully saturated rings. The Kier molecular flexibility index (Phi) is 5.38. The van der Waals surface area contributed by atoms with Gasteiger partial charge in [0.1, 0.15) is 0 Å². The number of aromatic nitrogens is 5. The van der Waals surface area contributed by atoms with Crippen LogP contribution in [0.1, 0.15) is 50.8 Å². The van der Waals surface area contributed by atoms with Crippen molar-refractivity contribution < 1.29 is 0 Å². The van der Waals surface area contributed by atoms with Crippen molar-refractivity contribution in [3.63, 3.8) is 0 Å². The van der Waals surface area contributed by atoms with E-state index >= 15 is 0 Å². The van der Waals surface area contributed by atoms with Gasteiger partial charge in [-0.1, -0.05) is 25.5 Å². The van der Waals surface area contributed by atoms with Gasteiger partial charge in [-0.15, -0.1) is 5.10 Å². The maximum Gasteiger partial charge on any atom is 0.225 e. The van der Waals surface area contributed by atoms with E-state index in [2.05, 4.69) is 57.2 Å². The Hall–Kier alpha value is -2.02. The van der Waals surface area contributed by atoms with E-state index in [4.69, 9.17) is 0 Å². The minimum Gasteiger partial charge on any atom is -0.332 e. The average Bonchev–Trinajstić information content (AvgIpc) is 3.18. The number of nitrogens with zero attached hydrogens (tertiary/aromatic N) is 7. The smallest absolute Gasteiger partial charge is 0.225 e. The Bertz CT molecular complexity index is 725. The number of fused-ring (bicyclic) bond motifs is 2. The van der Waals surface area contributed by atoms with Crippen molar-refractivity contribution in [1.29, 1.82) is 0 Å². The molecule has 0 aliphatic carbocycles. The molecular formula is C20H31N7. The quantitative estimate of drug-likeness (QED) is 0.747. The summed E-state index contributed by atoms with van der Waals surface area (Å²) in [5.74, 6) is 1.62. The van der Waals surface area contributed by atoms with Gasteiger partial charge in [0.15, 0.2) is 0 Å². The van der Waals surface area contributed by atoms with Gasteiger partial charge < -0.3 is 9.80 Å². The molecule has 0 saturated carbocycles. The van der Waals surface area contributed by atoms with E-state index in [0.717, 1.165) is 42.6 Å². The number of likely N-dealkylation sites (tertiary alicyclic amines) is 1. The maximum atomic E-state index is 4.67. The second-order valence-electron chi connectivity index (χ2n) is 8.60. The summed E-state index contributed by atoms with van der Waals surface area (Å²) in [6, 6.07) is 1.12. The lowest BCUT2D eigenvalue weighted by atomic mass is 10.1. The first-order chi connectivity index (χ1) is 13.1. The summed E-state index contributed by atoms with van der Waals surface area (Å²) >= 11 is 0.